The monoisotopic (exact) mass is 416 g/mol. The molecule has 166 valence electrons. The Morgan fingerprint density at radius 1 is 1.03 bits per heavy atom. The number of hydrogen-bond donors (Lipinski definition) is 2. The zero-order valence-electron chi connectivity index (χ0n) is 18.5. The molecular formula is C25H36O5. The van der Waals surface area contributed by atoms with Crippen LogP contribution in [0.1, 0.15) is 78.6 Å². The molecule has 4 aliphatic rings. The highest BCUT2D eigenvalue weighted by Gasteiger charge is 2.59. The summed E-state index contributed by atoms with van der Waals surface area (Å²) in [4.78, 5) is 34.8. The van der Waals surface area contributed by atoms with Crippen molar-refractivity contribution < 1.29 is 24.6 Å². The average molecular weight is 417 g/mol. The standard InChI is InChI=1S/C25H36O5/c1-14(12-18(22(27)28)23(29)30)19-6-7-20-17-5-4-15-13-16(26)8-10-24(15,2)21(17)9-11-25(19,20)3/h13-14,17-21H,4-12H2,1-3H3,(H,27,28)(H,29,30)/t14-,17?,19-,20?,21?,24+,25-/m1/s1. The summed E-state index contributed by atoms with van der Waals surface area (Å²) < 4.78 is 0. The second kappa shape index (κ2) is 7.49. The van der Waals surface area contributed by atoms with E-state index in [4.69, 9.17) is 0 Å². The van der Waals surface area contributed by atoms with Crippen molar-refractivity contribution in [2.75, 3.05) is 0 Å². The Morgan fingerprint density at radius 3 is 2.40 bits per heavy atom. The van der Waals surface area contributed by atoms with E-state index in [2.05, 4.69) is 20.8 Å². The molecule has 7 atom stereocenters. The molecule has 3 fully saturated rings. The summed E-state index contributed by atoms with van der Waals surface area (Å²) in [5.41, 5.74) is 1.72. The van der Waals surface area contributed by atoms with Gasteiger partial charge in [-0.3, -0.25) is 14.4 Å². The maximum atomic E-state index is 12.0. The van der Waals surface area contributed by atoms with Gasteiger partial charge in [-0.25, -0.2) is 0 Å². The van der Waals surface area contributed by atoms with Gasteiger partial charge < -0.3 is 10.2 Å². The van der Waals surface area contributed by atoms with Gasteiger partial charge in [0, 0.05) is 6.42 Å². The van der Waals surface area contributed by atoms with E-state index >= 15 is 0 Å². The van der Waals surface area contributed by atoms with E-state index in [-0.39, 0.29) is 23.2 Å². The number of fused-ring (bicyclic) bond motifs is 5. The number of hydrogen-bond acceptors (Lipinski definition) is 3. The molecule has 0 aromatic heterocycles. The zero-order chi connectivity index (χ0) is 21.8. The first kappa shape index (κ1) is 21.6. The number of carboxylic acid groups (broad SMARTS) is 2. The van der Waals surface area contributed by atoms with E-state index in [1.54, 1.807) is 0 Å². The lowest BCUT2D eigenvalue weighted by molar-refractivity contribution is -0.155. The van der Waals surface area contributed by atoms with Gasteiger partial charge in [0.05, 0.1) is 0 Å². The molecule has 0 radical (unpaired) electrons. The van der Waals surface area contributed by atoms with E-state index in [9.17, 15) is 24.6 Å². The van der Waals surface area contributed by atoms with Crippen LogP contribution in [-0.4, -0.2) is 27.9 Å². The summed E-state index contributed by atoms with van der Waals surface area (Å²) in [7, 11) is 0. The first-order valence-electron chi connectivity index (χ1n) is 11.8. The van der Waals surface area contributed by atoms with Gasteiger partial charge in [-0.05, 0) is 97.9 Å². The van der Waals surface area contributed by atoms with Crippen molar-refractivity contribution in [3.8, 4) is 0 Å². The summed E-state index contributed by atoms with van der Waals surface area (Å²) in [6, 6.07) is 0. The Balaban J connectivity index is 1.54. The molecule has 0 amide bonds. The molecule has 0 bridgehead atoms. The Hall–Kier alpha value is -1.65. The number of aliphatic carboxylic acids is 2. The fraction of sp³-hybridized carbons (Fsp3) is 0.800. The highest BCUT2D eigenvalue weighted by atomic mass is 16.4. The molecule has 3 saturated carbocycles. The summed E-state index contributed by atoms with van der Waals surface area (Å²) in [6.45, 7) is 6.86. The van der Waals surface area contributed by atoms with E-state index < -0.39 is 17.9 Å². The summed E-state index contributed by atoms with van der Waals surface area (Å²) in [6.07, 6.45) is 10.6. The van der Waals surface area contributed by atoms with E-state index in [1.165, 1.54) is 18.4 Å². The quantitative estimate of drug-likeness (QED) is 0.619. The average Bonchev–Trinajstić information content (AvgIpc) is 3.03. The molecule has 0 aromatic carbocycles. The number of rotatable bonds is 5. The predicted molar refractivity (Wildman–Crippen MR) is 113 cm³/mol. The molecule has 5 nitrogen and oxygen atoms in total. The Morgan fingerprint density at radius 2 is 1.73 bits per heavy atom. The van der Waals surface area contributed by atoms with Crippen LogP contribution in [0.2, 0.25) is 0 Å². The lowest BCUT2D eigenvalue weighted by Crippen LogP contribution is -2.51. The SMILES string of the molecule is C[C@H](CC(C(=O)O)C(=O)O)[C@H]1CCC2C3CCC4=CC(=O)CC[C@]4(C)C3CC[C@@]21C. The first-order valence-corrected chi connectivity index (χ1v) is 11.8. The number of allylic oxidation sites excluding steroid dienone is 1. The molecular weight excluding hydrogens is 380 g/mol. The third-order valence-corrected chi connectivity index (χ3v) is 9.93. The molecule has 2 N–H and O–H groups in total. The van der Waals surface area contributed by atoms with Gasteiger partial charge in [0.15, 0.2) is 11.7 Å². The fourth-order valence-electron chi connectivity index (χ4n) is 8.38. The zero-order valence-corrected chi connectivity index (χ0v) is 18.5. The molecule has 4 rings (SSSR count). The van der Waals surface area contributed by atoms with Crippen molar-refractivity contribution in [2.24, 2.45) is 46.3 Å². The first-order chi connectivity index (χ1) is 14.1. The second-order valence-electron chi connectivity index (χ2n) is 11.1. The minimum Gasteiger partial charge on any atom is -0.481 e. The van der Waals surface area contributed by atoms with Gasteiger partial charge in [-0.2, -0.15) is 0 Å². The molecule has 0 aliphatic heterocycles. The maximum absolute atomic E-state index is 12.0. The normalized spacial score (nSPS) is 41.5. The van der Waals surface area contributed by atoms with Crippen LogP contribution in [0.15, 0.2) is 11.6 Å². The minimum absolute atomic E-state index is 0.0932. The number of carboxylic acids is 2. The summed E-state index contributed by atoms with van der Waals surface area (Å²) in [5, 5.41) is 18.7. The molecule has 3 unspecified atom stereocenters. The predicted octanol–water partition coefficient (Wildman–Crippen LogP) is 4.95. The fourth-order valence-corrected chi connectivity index (χ4v) is 8.38. The van der Waals surface area contributed by atoms with Gasteiger partial charge >= 0.3 is 11.9 Å². The summed E-state index contributed by atoms with van der Waals surface area (Å²) >= 11 is 0. The molecule has 0 heterocycles. The van der Waals surface area contributed by atoms with E-state index in [0.29, 0.717) is 35.9 Å². The van der Waals surface area contributed by atoms with Crippen molar-refractivity contribution in [1.29, 1.82) is 0 Å². The topological polar surface area (TPSA) is 91.7 Å². The van der Waals surface area contributed by atoms with Gasteiger partial charge in [0.1, 0.15) is 0 Å². The van der Waals surface area contributed by atoms with Crippen LogP contribution < -0.4 is 0 Å². The molecule has 0 saturated heterocycles. The number of ketones is 1. The lowest BCUT2D eigenvalue weighted by Gasteiger charge is -2.58. The van der Waals surface area contributed by atoms with Crippen LogP contribution in [0, 0.1) is 46.3 Å². The van der Waals surface area contributed by atoms with Crippen molar-refractivity contribution in [1.82, 2.24) is 0 Å². The Bertz CT molecular complexity index is 770. The molecule has 5 heteroatoms. The highest BCUT2D eigenvalue weighted by molar-refractivity contribution is 5.93. The van der Waals surface area contributed by atoms with Crippen molar-refractivity contribution in [3.63, 3.8) is 0 Å². The third-order valence-electron chi connectivity index (χ3n) is 9.93. The Labute approximate surface area is 179 Å². The van der Waals surface area contributed by atoms with Crippen LogP contribution in [0.4, 0.5) is 0 Å². The number of carbonyl (C=O) groups is 3. The van der Waals surface area contributed by atoms with Crippen molar-refractivity contribution in [2.45, 2.75) is 78.6 Å². The minimum atomic E-state index is -1.31. The maximum Gasteiger partial charge on any atom is 0.317 e. The van der Waals surface area contributed by atoms with Gasteiger partial charge in [0.2, 0.25) is 0 Å². The molecule has 0 spiro atoms. The smallest absolute Gasteiger partial charge is 0.317 e. The largest absolute Gasteiger partial charge is 0.481 e. The lowest BCUT2D eigenvalue weighted by atomic mass is 9.46. The number of carbonyl (C=O) groups excluding carboxylic acids is 1. The van der Waals surface area contributed by atoms with E-state index in [1.807, 2.05) is 6.08 Å². The second-order valence-corrected chi connectivity index (χ2v) is 11.1. The van der Waals surface area contributed by atoms with Crippen LogP contribution in [0.3, 0.4) is 0 Å². The Kier molecular flexibility index (Phi) is 5.39. The third kappa shape index (κ3) is 3.23. The molecule has 30 heavy (non-hydrogen) atoms. The van der Waals surface area contributed by atoms with Crippen molar-refractivity contribution in [3.05, 3.63) is 11.6 Å². The molecule has 4 aliphatic carbocycles. The van der Waals surface area contributed by atoms with Crippen LogP contribution in [0.5, 0.6) is 0 Å². The van der Waals surface area contributed by atoms with Crippen molar-refractivity contribution >= 4 is 17.7 Å². The van der Waals surface area contributed by atoms with Gasteiger partial charge in [-0.1, -0.05) is 26.3 Å². The van der Waals surface area contributed by atoms with Gasteiger partial charge in [0.25, 0.3) is 0 Å². The molecule has 0 aromatic rings. The van der Waals surface area contributed by atoms with Crippen LogP contribution in [-0.2, 0) is 14.4 Å². The van der Waals surface area contributed by atoms with E-state index in [0.717, 1.165) is 32.1 Å². The van der Waals surface area contributed by atoms with Gasteiger partial charge in [-0.15, -0.1) is 0 Å². The van der Waals surface area contributed by atoms with Crippen LogP contribution >= 0.6 is 0 Å². The van der Waals surface area contributed by atoms with Crippen LogP contribution in [0.25, 0.3) is 0 Å². The summed E-state index contributed by atoms with van der Waals surface area (Å²) in [5.74, 6) is -1.02. The highest BCUT2D eigenvalue weighted by Crippen LogP contribution is 2.67.